The van der Waals surface area contributed by atoms with Gasteiger partial charge in [0.15, 0.2) is 5.78 Å². The van der Waals surface area contributed by atoms with Gasteiger partial charge < -0.3 is 5.32 Å². The van der Waals surface area contributed by atoms with Crippen LogP contribution in [0.3, 0.4) is 0 Å². The van der Waals surface area contributed by atoms with Crippen molar-refractivity contribution in [3.05, 3.63) is 107 Å². The zero-order valence-corrected chi connectivity index (χ0v) is 18.3. The van der Waals surface area contributed by atoms with Crippen molar-refractivity contribution < 1.29 is 14.4 Å². The molecule has 162 valence electrons. The minimum Gasteiger partial charge on any atom is -0.322 e. The van der Waals surface area contributed by atoms with Crippen LogP contribution < -0.4 is 5.32 Å². The SMILES string of the molecule is Cc1ccc(C(=O)CN2C(=O)NC(Cc3ccccc3)(Cc3ccccc3)C2=O)cc1C. The second-order valence-electron chi connectivity index (χ2n) is 8.45. The standard InChI is InChI=1S/C27H26N2O3/c1-19-13-14-23(15-20(19)2)24(30)18-29-25(31)27(28-26(29)32,16-21-9-5-3-6-10-21)17-22-11-7-4-8-12-22/h3-15H,16-18H2,1-2H3,(H,28,32). The number of ketones is 1. The van der Waals surface area contributed by atoms with E-state index in [1.807, 2.05) is 80.6 Å². The van der Waals surface area contributed by atoms with E-state index < -0.39 is 11.6 Å². The lowest BCUT2D eigenvalue weighted by Gasteiger charge is -2.27. The fraction of sp³-hybridized carbons (Fsp3) is 0.222. The second-order valence-corrected chi connectivity index (χ2v) is 8.45. The first-order valence-electron chi connectivity index (χ1n) is 10.7. The molecule has 1 saturated heterocycles. The Morgan fingerprint density at radius 3 is 1.91 bits per heavy atom. The molecular weight excluding hydrogens is 400 g/mol. The minimum atomic E-state index is -1.14. The Hall–Kier alpha value is -3.73. The number of urea groups is 1. The van der Waals surface area contributed by atoms with E-state index >= 15 is 0 Å². The van der Waals surface area contributed by atoms with E-state index in [4.69, 9.17) is 0 Å². The van der Waals surface area contributed by atoms with Crippen LogP contribution in [-0.2, 0) is 17.6 Å². The molecule has 0 spiro atoms. The zero-order chi connectivity index (χ0) is 22.7. The molecule has 3 aromatic rings. The second kappa shape index (κ2) is 8.79. The van der Waals surface area contributed by atoms with Crippen LogP contribution in [-0.4, -0.2) is 34.7 Å². The fourth-order valence-corrected chi connectivity index (χ4v) is 4.16. The first kappa shape index (κ1) is 21.5. The van der Waals surface area contributed by atoms with Gasteiger partial charge in [-0.3, -0.25) is 14.5 Å². The summed E-state index contributed by atoms with van der Waals surface area (Å²) >= 11 is 0. The quantitative estimate of drug-likeness (QED) is 0.453. The fourth-order valence-electron chi connectivity index (χ4n) is 4.16. The highest BCUT2D eigenvalue weighted by Gasteiger charge is 2.51. The summed E-state index contributed by atoms with van der Waals surface area (Å²) in [6, 6.07) is 24.1. The van der Waals surface area contributed by atoms with E-state index in [0.29, 0.717) is 18.4 Å². The number of Topliss-reactive ketones (excluding diaryl/α,β-unsaturated/α-hetero) is 1. The van der Waals surface area contributed by atoms with E-state index in [1.54, 1.807) is 12.1 Å². The van der Waals surface area contributed by atoms with Gasteiger partial charge >= 0.3 is 6.03 Å². The monoisotopic (exact) mass is 426 g/mol. The van der Waals surface area contributed by atoms with Gasteiger partial charge in [-0.05, 0) is 42.2 Å². The highest BCUT2D eigenvalue weighted by Crippen LogP contribution is 2.27. The molecule has 1 heterocycles. The van der Waals surface area contributed by atoms with E-state index in [9.17, 15) is 14.4 Å². The molecule has 4 rings (SSSR count). The molecule has 1 aliphatic rings. The van der Waals surface area contributed by atoms with E-state index in [-0.39, 0.29) is 18.2 Å². The Morgan fingerprint density at radius 2 is 1.38 bits per heavy atom. The Balaban J connectivity index is 1.62. The summed E-state index contributed by atoms with van der Waals surface area (Å²) in [4.78, 5) is 40.5. The molecule has 0 aromatic heterocycles. The van der Waals surface area contributed by atoms with Gasteiger partial charge in [-0.25, -0.2) is 4.79 Å². The molecule has 5 nitrogen and oxygen atoms in total. The first-order valence-corrected chi connectivity index (χ1v) is 10.7. The summed E-state index contributed by atoms with van der Waals surface area (Å²) in [6.45, 7) is 3.63. The molecule has 0 atom stereocenters. The van der Waals surface area contributed by atoms with Gasteiger partial charge in [-0.15, -0.1) is 0 Å². The first-order chi connectivity index (χ1) is 15.4. The summed E-state index contributed by atoms with van der Waals surface area (Å²) in [5, 5.41) is 2.93. The summed E-state index contributed by atoms with van der Waals surface area (Å²) < 4.78 is 0. The van der Waals surface area contributed by atoms with Crippen molar-refractivity contribution in [3.8, 4) is 0 Å². The Labute approximate surface area is 188 Å². The molecule has 0 unspecified atom stereocenters. The topological polar surface area (TPSA) is 66.5 Å². The van der Waals surface area contributed by atoms with Crippen molar-refractivity contribution in [2.75, 3.05) is 6.54 Å². The number of carbonyl (C=O) groups excluding carboxylic acids is 3. The third-order valence-electron chi connectivity index (χ3n) is 6.07. The Kier molecular flexibility index (Phi) is 5.91. The van der Waals surface area contributed by atoms with Crippen LogP contribution >= 0.6 is 0 Å². The predicted molar refractivity (Wildman–Crippen MR) is 124 cm³/mol. The van der Waals surface area contributed by atoms with Crippen LogP contribution in [0.4, 0.5) is 4.79 Å². The van der Waals surface area contributed by atoms with Gasteiger partial charge in [0.2, 0.25) is 0 Å². The maximum absolute atomic E-state index is 13.6. The van der Waals surface area contributed by atoms with Gasteiger partial charge in [0.25, 0.3) is 5.91 Å². The zero-order valence-electron chi connectivity index (χ0n) is 18.3. The molecule has 0 aliphatic carbocycles. The van der Waals surface area contributed by atoms with E-state index in [2.05, 4.69) is 5.32 Å². The molecule has 5 heteroatoms. The Bertz CT molecular complexity index is 1110. The molecule has 0 saturated carbocycles. The van der Waals surface area contributed by atoms with Crippen molar-refractivity contribution in [3.63, 3.8) is 0 Å². The van der Waals surface area contributed by atoms with Gasteiger partial charge in [0, 0.05) is 18.4 Å². The molecule has 1 fully saturated rings. The number of nitrogens with zero attached hydrogens (tertiary/aromatic N) is 1. The van der Waals surface area contributed by atoms with Crippen molar-refractivity contribution >= 4 is 17.7 Å². The summed E-state index contributed by atoms with van der Waals surface area (Å²) in [5.41, 5.74) is 3.33. The highest BCUT2D eigenvalue weighted by molar-refractivity contribution is 6.11. The lowest BCUT2D eigenvalue weighted by molar-refractivity contribution is -0.131. The van der Waals surface area contributed by atoms with E-state index in [0.717, 1.165) is 27.2 Å². The van der Waals surface area contributed by atoms with Crippen LogP contribution in [0.25, 0.3) is 0 Å². The summed E-state index contributed by atoms with van der Waals surface area (Å²) in [7, 11) is 0. The van der Waals surface area contributed by atoms with Gasteiger partial charge in [-0.1, -0.05) is 72.8 Å². The average Bonchev–Trinajstić information content (AvgIpc) is 3.00. The number of hydrogen-bond acceptors (Lipinski definition) is 3. The number of rotatable bonds is 7. The average molecular weight is 427 g/mol. The minimum absolute atomic E-state index is 0.258. The summed E-state index contributed by atoms with van der Waals surface area (Å²) in [5.74, 6) is -0.626. The van der Waals surface area contributed by atoms with Crippen molar-refractivity contribution in [2.45, 2.75) is 32.2 Å². The van der Waals surface area contributed by atoms with Crippen molar-refractivity contribution in [2.24, 2.45) is 0 Å². The molecule has 0 bridgehead atoms. The molecule has 3 aromatic carbocycles. The van der Waals surface area contributed by atoms with Crippen molar-refractivity contribution in [1.82, 2.24) is 10.2 Å². The third kappa shape index (κ3) is 4.33. The Morgan fingerprint density at radius 1 is 0.812 bits per heavy atom. The van der Waals surface area contributed by atoms with Crippen LogP contribution in [0.2, 0.25) is 0 Å². The molecule has 32 heavy (non-hydrogen) atoms. The lowest BCUT2D eigenvalue weighted by Crippen LogP contribution is -2.51. The highest BCUT2D eigenvalue weighted by atomic mass is 16.2. The molecule has 0 radical (unpaired) electrons. The summed E-state index contributed by atoms with van der Waals surface area (Å²) in [6.07, 6.45) is 0.698. The maximum Gasteiger partial charge on any atom is 0.325 e. The van der Waals surface area contributed by atoms with Crippen LogP contribution in [0.15, 0.2) is 78.9 Å². The van der Waals surface area contributed by atoms with Crippen LogP contribution in [0.5, 0.6) is 0 Å². The van der Waals surface area contributed by atoms with Crippen molar-refractivity contribution in [1.29, 1.82) is 0 Å². The molecular formula is C27H26N2O3. The molecule has 1 aliphatic heterocycles. The van der Waals surface area contributed by atoms with Gasteiger partial charge in [0.05, 0.1) is 6.54 Å². The predicted octanol–water partition coefficient (Wildman–Crippen LogP) is 4.26. The van der Waals surface area contributed by atoms with Gasteiger partial charge in [-0.2, -0.15) is 0 Å². The van der Waals surface area contributed by atoms with Crippen LogP contribution in [0.1, 0.15) is 32.6 Å². The number of hydrogen-bond donors (Lipinski definition) is 1. The number of benzene rings is 3. The number of nitrogens with one attached hydrogen (secondary N) is 1. The number of aryl methyl sites for hydroxylation is 2. The number of imide groups is 1. The normalized spacial score (nSPS) is 15.0. The maximum atomic E-state index is 13.6. The van der Waals surface area contributed by atoms with E-state index in [1.165, 1.54) is 0 Å². The molecule has 1 N–H and O–H groups in total. The third-order valence-corrected chi connectivity index (χ3v) is 6.07. The van der Waals surface area contributed by atoms with Gasteiger partial charge in [0.1, 0.15) is 5.54 Å². The number of amides is 3. The largest absolute Gasteiger partial charge is 0.325 e. The molecule has 3 amide bonds. The smallest absolute Gasteiger partial charge is 0.322 e. The number of carbonyl (C=O) groups is 3. The lowest BCUT2D eigenvalue weighted by atomic mass is 9.84. The van der Waals surface area contributed by atoms with Crippen LogP contribution in [0, 0.1) is 13.8 Å².